The normalized spacial score (nSPS) is 12.1. The van der Waals surface area contributed by atoms with Crippen LogP contribution in [0.2, 0.25) is 0 Å². The Morgan fingerprint density at radius 3 is 3.05 bits per heavy atom. The van der Waals surface area contributed by atoms with Gasteiger partial charge in [-0.15, -0.1) is 0 Å². The Hall–Kier alpha value is -2.44. The first kappa shape index (κ1) is 13.0. The van der Waals surface area contributed by atoms with Crippen LogP contribution in [0.25, 0.3) is 0 Å². The van der Waals surface area contributed by atoms with Crippen molar-refractivity contribution in [3.05, 3.63) is 42.4 Å². The molecule has 0 spiro atoms. The fraction of sp³-hybridized carbons (Fsp3) is 0.250. The molecule has 0 aliphatic rings. The summed E-state index contributed by atoms with van der Waals surface area (Å²) in [6, 6.07) is 1.13. The Morgan fingerprint density at radius 2 is 2.37 bits per heavy atom. The van der Waals surface area contributed by atoms with Gasteiger partial charge in [-0.1, -0.05) is 0 Å². The van der Waals surface area contributed by atoms with E-state index in [1.807, 2.05) is 11.5 Å². The van der Waals surface area contributed by atoms with Crippen LogP contribution in [0.3, 0.4) is 0 Å². The molecule has 0 bridgehead atoms. The molecule has 0 saturated carbocycles. The standard InChI is InChI=1S/C12H14FN5O/c1-8(6-18-5-4-15-7-18)17-12(19)9-2-3-16-11(14)10(9)13/h2-5,7-8H,6H2,1H3,(H2,14,16)(H,17,19). The van der Waals surface area contributed by atoms with E-state index in [1.165, 1.54) is 12.3 Å². The highest BCUT2D eigenvalue weighted by atomic mass is 19.1. The van der Waals surface area contributed by atoms with E-state index in [-0.39, 0.29) is 17.4 Å². The van der Waals surface area contributed by atoms with E-state index >= 15 is 0 Å². The quantitative estimate of drug-likeness (QED) is 0.855. The number of anilines is 1. The first-order valence-corrected chi connectivity index (χ1v) is 5.74. The van der Waals surface area contributed by atoms with Crippen molar-refractivity contribution < 1.29 is 9.18 Å². The maximum atomic E-state index is 13.6. The predicted molar refractivity (Wildman–Crippen MR) is 67.8 cm³/mol. The molecule has 1 atom stereocenters. The Bertz CT molecular complexity index is 570. The van der Waals surface area contributed by atoms with Crippen LogP contribution in [0.5, 0.6) is 0 Å². The number of nitrogens with two attached hydrogens (primary N) is 1. The van der Waals surface area contributed by atoms with Crippen molar-refractivity contribution in [2.45, 2.75) is 19.5 Å². The smallest absolute Gasteiger partial charge is 0.254 e. The molecule has 0 aliphatic carbocycles. The molecule has 1 amide bonds. The van der Waals surface area contributed by atoms with Gasteiger partial charge < -0.3 is 15.6 Å². The van der Waals surface area contributed by atoms with Gasteiger partial charge in [0.15, 0.2) is 11.6 Å². The van der Waals surface area contributed by atoms with Crippen LogP contribution in [0, 0.1) is 5.82 Å². The lowest BCUT2D eigenvalue weighted by Crippen LogP contribution is -2.36. The fourth-order valence-corrected chi connectivity index (χ4v) is 1.69. The van der Waals surface area contributed by atoms with E-state index in [4.69, 9.17) is 5.73 Å². The number of imidazole rings is 1. The number of aromatic nitrogens is 3. The first-order valence-electron chi connectivity index (χ1n) is 5.74. The van der Waals surface area contributed by atoms with Crippen LogP contribution < -0.4 is 11.1 Å². The lowest BCUT2D eigenvalue weighted by Gasteiger charge is -2.14. The summed E-state index contributed by atoms with van der Waals surface area (Å²) < 4.78 is 15.4. The summed E-state index contributed by atoms with van der Waals surface area (Å²) in [5.74, 6) is -1.59. The highest BCUT2D eigenvalue weighted by molar-refractivity contribution is 5.95. The summed E-state index contributed by atoms with van der Waals surface area (Å²) in [6.45, 7) is 2.37. The third-order valence-electron chi connectivity index (χ3n) is 2.58. The minimum Gasteiger partial charge on any atom is -0.381 e. The monoisotopic (exact) mass is 263 g/mol. The molecule has 7 heteroatoms. The molecular formula is C12H14FN5O. The number of halogens is 1. The van der Waals surface area contributed by atoms with Gasteiger partial charge in [0, 0.05) is 31.2 Å². The van der Waals surface area contributed by atoms with Crippen LogP contribution >= 0.6 is 0 Å². The average molecular weight is 263 g/mol. The zero-order valence-corrected chi connectivity index (χ0v) is 10.4. The van der Waals surface area contributed by atoms with Gasteiger partial charge in [0.05, 0.1) is 11.9 Å². The predicted octanol–water partition coefficient (Wildman–Crippen LogP) is 0.818. The van der Waals surface area contributed by atoms with Gasteiger partial charge in [-0.05, 0) is 13.0 Å². The number of nitrogens with zero attached hydrogens (tertiary/aromatic N) is 3. The minimum atomic E-state index is -0.796. The zero-order valence-electron chi connectivity index (χ0n) is 10.4. The molecule has 0 fully saturated rings. The maximum Gasteiger partial charge on any atom is 0.254 e. The number of nitrogen functional groups attached to an aromatic ring is 1. The molecule has 2 heterocycles. The van der Waals surface area contributed by atoms with Crippen molar-refractivity contribution in [3.63, 3.8) is 0 Å². The maximum absolute atomic E-state index is 13.6. The van der Waals surface area contributed by atoms with E-state index in [0.717, 1.165) is 0 Å². The lowest BCUT2D eigenvalue weighted by molar-refractivity contribution is 0.0932. The summed E-state index contributed by atoms with van der Waals surface area (Å²) >= 11 is 0. The molecular weight excluding hydrogens is 249 g/mol. The number of rotatable bonds is 4. The topological polar surface area (TPSA) is 85.8 Å². The largest absolute Gasteiger partial charge is 0.381 e. The van der Waals surface area contributed by atoms with E-state index in [2.05, 4.69) is 15.3 Å². The van der Waals surface area contributed by atoms with Gasteiger partial charge >= 0.3 is 0 Å². The molecule has 0 saturated heterocycles. The third-order valence-corrected chi connectivity index (χ3v) is 2.58. The van der Waals surface area contributed by atoms with Crippen molar-refractivity contribution in [1.82, 2.24) is 19.9 Å². The van der Waals surface area contributed by atoms with Crippen molar-refractivity contribution >= 4 is 11.7 Å². The Kier molecular flexibility index (Phi) is 3.74. The SMILES string of the molecule is CC(Cn1ccnc1)NC(=O)c1ccnc(N)c1F. The number of carbonyl (C=O) groups is 1. The molecule has 2 aromatic rings. The van der Waals surface area contributed by atoms with E-state index in [1.54, 1.807) is 18.7 Å². The van der Waals surface area contributed by atoms with Crippen LogP contribution in [0.15, 0.2) is 31.0 Å². The van der Waals surface area contributed by atoms with E-state index in [9.17, 15) is 9.18 Å². The van der Waals surface area contributed by atoms with Crippen LogP contribution in [-0.2, 0) is 6.54 Å². The van der Waals surface area contributed by atoms with Crippen LogP contribution in [-0.4, -0.2) is 26.5 Å². The van der Waals surface area contributed by atoms with Gasteiger partial charge in [0.2, 0.25) is 0 Å². The number of hydrogen-bond acceptors (Lipinski definition) is 4. The summed E-state index contributed by atoms with van der Waals surface area (Å²) in [5, 5.41) is 2.69. The number of amides is 1. The average Bonchev–Trinajstić information content (AvgIpc) is 2.85. The first-order chi connectivity index (χ1) is 9.08. The molecule has 0 radical (unpaired) electrons. The minimum absolute atomic E-state index is 0.106. The van der Waals surface area contributed by atoms with Gasteiger partial charge in [0.25, 0.3) is 5.91 Å². The van der Waals surface area contributed by atoms with Crippen molar-refractivity contribution in [1.29, 1.82) is 0 Å². The van der Waals surface area contributed by atoms with Gasteiger partial charge in [-0.3, -0.25) is 4.79 Å². The Morgan fingerprint density at radius 1 is 1.58 bits per heavy atom. The summed E-state index contributed by atoms with van der Waals surface area (Å²) in [4.78, 5) is 19.4. The molecule has 2 aromatic heterocycles. The Balaban J connectivity index is 2.02. The third kappa shape index (κ3) is 3.06. The Labute approximate surface area is 109 Å². The second-order valence-corrected chi connectivity index (χ2v) is 4.19. The highest BCUT2D eigenvalue weighted by Gasteiger charge is 2.16. The van der Waals surface area contributed by atoms with E-state index < -0.39 is 11.7 Å². The van der Waals surface area contributed by atoms with Gasteiger partial charge in [-0.2, -0.15) is 0 Å². The summed E-state index contributed by atoms with van der Waals surface area (Å²) in [7, 11) is 0. The van der Waals surface area contributed by atoms with Crippen molar-refractivity contribution in [2.24, 2.45) is 0 Å². The second-order valence-electron chi connectivity index (χ2n) is 4.19. The number of pyridine rings is 1. The van der Waals surface area contributed by atoms with Gasteiger partial charge in [-0.25, -0.2) is 14.4 Å². The fourth-order valence-electron chi connectivity index (χ4n) is 1.69. The molecule has 1 unspecified atom stereocenters. The molecule has 0 aromatic carbocycles. The summed E-state index contributed by atoms with van der Waals surface area (Å²) in [5.41, 5.74) is 5.21. The second kappa shape index (κ2) is 5.47. The highest BCUT2D eigenvalue weighted by Crippen LogP contribution is 2.11. The number of carbonyl (C=O) groups excluding carboxylic acids is 1. The number of hydrogen-bond donors (Lipinski definition) is 2. The van der Waals surface area contributed by atoms with Crippen LogP contribution in [0.1, 0.15) is 17.3 Å². The molecule has 0 aliphatic heterocycles. The molecule has 19 heavy (non-hydrogen) atoms. The molecule has 3 N–H and O–H groups in total. The van der Waals surface area contributed by atoms with Crippen LogP contribution in [0.4, 0.5) is 10.2 Å². The molecule has 6 nitrogen and oxygen atoms in total. The lowest BCUT2D eigenvalue weighted by atomic mass is 10.2. The van der Waals surface area contributed by atoms with Crippen molar-refractivity contribution in [2.75, 3.05) is 5.73 Å². The molecule has 2 rings (SSSR count). The van der Waals surface area contributed by atoms with Crippen molar-refractivity contribution in [3.8, 4) is 0 Å². The molecule has 100 valence electrons. The summed E-state index contributed by atoms with van der Waals surface area (Å²) in [6.07, 6.45) is 6.38. The van der Waals surface area contributed by atoms with Gasteiger partial charge in [0.1, 0.15) is 0 Å². The zero-order chi connectivity index (χ0) is 13.8. The van der Waals surface area contributed by atoms with E-state index in [0.29, 0.717) is 6.54 Å². The number of nitrogens with one attached hydrogen (secondary N) is 1.